The summed E-state index contributed by atoms with van der Waals surface area (Å²) in [5.41, 5.74) is 1.72. The normalized spacial score (nSPS) is 10.6. The van der Waals surface area contributed by atoms with E-state index in [1.165, 1.54) is 12.1 Å². The van der Waals surface area contributed by atoms with Crippen LogP contribution in [0, 0.1) is 18.9 Å². The smallest absolute Gasteiger partial charge is 0.275 e. The molecule has 0 saturated heterocycles. The van der Waals surface area contributed by atoms with Crippen molar-refractivity contribution in [2.24, 2.45) is 0 Å². The molecule has 134 valence electrons. The Morgan fingerprint density at radius 2 is 1.37 bits per heavy atom. The molecule has 0 heterocycles. The molecule has 3 rings (SSSR count). The number of hydrogen-bond acceptors (Lipinski definition) is 3. The predicted molar refractivity (Wildman–Crippen MR) is 106 cm³/mol. The van der Waals surface area contributed by atoms with E-state index in [9.17, 15) is 13.2 Å². The van der Waals surface area contributed by atoms with Crippen molar-refractivity contribution in [2.45, 2.75) is 11.8 Å². The van der Waals surface area contributed by atoms with Crippen LogP contribution in [0.15, 0.2) is 89.8 Å². The van der Waals surface area contributed by atoms with Gasteiger partial charge in [0.1, 0.15) is 0 Å². The van der Waals surface area contributed by atoms with E-state index in [2.05, 4.69) is 12.0 Å². The van der Waals surface area contributed by atoms with Gasteiger partial charge in [-0.2, -0.15) is 4.31 Å². The van der Waals surface area contributed by atoms with Crippen LogP contribution in [0.3, 0.4) is 0 Å². The number of para-hydroxylation sites is 1. The second kappa shape index (κ2) is 7.90. The Morgan fingerprint density at radius 3 is 1.96 bits per heavy atom. The summed E-state index contributed by atoms with van der Waals surface area (Å²) in [6.07, 6.45) is 0. The zero-order valence-electron chi connectivity index (χ0n) is 14.7. The Labute approximate surface area is 159 Å². The highest BCUT2D eigenvalue weighted by molar-refractivity contribution is 7.93. The van der Waals surface area contributed by atoms with Crippen molar-refractivity contribution in [2.75, 3.05) is 4.31 Å². The molecule has 3 aromatic carbocycles. The van der Waals surface area contributed by atoms with Crippen LogP contribution in [-0.4, -0.2) is 14.2 Å². The first kappa shape index (κ1) is 18.4. The number of benzene rings is 3. The minimum absolute atomic E-state index is 0.110. The number of rotatable bonds is 4. The third kappa shape index (κ3) is 4.25. The highest BCUT2D eigenvalue weighted by Crippen LogP contribution is 2.23. The molecular weight excluding hydrogens is 358 g/mol. The summed E-state index contributed by atoms with van der Waals surface area (Å²) in [5.74, 6) is 1.99. The van der Waals surface area contributed by atoms with Crippen LogP contribution in [0.25, 0.3) is 0 Å². The molecule has 0 fully saturated rings. The van der Waals surface area contributed by atoms with Gasteiger partial charge in [-0.3, -0.25) is 4.79 Å². The van der Waals surface area contributed by atoms with Crippen molar-refractivity contribution in [3.8, 4) is 12.0 Å². The average Bonchev–Trinajstić information content (AvgIpc) is 2.69. The maximum Gasteiger partial charge on any atom is 0.275 e. The SMILES string of the molecule is Cc1ccc(S(=O)(=O)N(C#CC(=O)c2ccccc2)c2ccccc2)cc1. The van der Waals surface area contributed by atoms with Crippen molar-refractivity contribution < 1.29 is 13.2 Å². The van der Waals surface area contributed by atoms with Gasteiger partial charge in [-0.25, -0.2) is 8.42 Å². The van der Waals surface area contributed by atoms with Crippen molar-refractivity contribution in [1.29, 1.82) is 0 Å². The molecule has 0 atom stereocenters. The number of ketones is 1. The Kier molecular flexibility index (Phi) is 5.39. The van der Waals surface area contributed by atoms with Gasteiger partial charge in [0.05, 0.1) is 10.6 Å². The molecule has 0 bridgehead atoms. The number of carbonyl (C=O) groups is 1. The maximum absolute atomic E-state index is 13.1. The topological polar surface area (TPSA) is 54.5 Å². The molecule has 0 aliphatic rings. The molecule has 0 N–H and O–H groups in total. The minimum Gasteiger partial charge on any atom is -0.279 e. The molecule has 0 aliphatic carbocycles. The van der Waals surface area contributed by atoms with E-state index in [4.69, 9.17) is 0 Å². The molecule has 0 amide bonds. The van der Waals surface area contributed by atoms with E-state index >= 15 is 0 Å². The third-order valence-electron chi connectivity index (χ3n) is 3.86. The Hall–Kier alpha value is -3.36. The summed E-state index contributed by atoms with van der Waals surface area (Å²) in [6, 6.07) is 26.0. The van der Waals surface area contributed by atoms with Gasteiger partial charge >= 0.3 is 0 Å². The summed E-state index contributed by atoms with van der Waals surface area (Å²) in [7, 11) is -3.94. The third-order valence-corrected chi connectivity index (χ3v) is 5.51. The fraction of sp³-hybridized carbons (Fsp3) is 0.0455. The van der Waals surface area contributed by atoms with Crippen LogP contribution in [-0.2, 0) is 10.0 Å². The second-order valence-corrected chi connectivity index (χ2v) is 7.64. The molecule has 0 radical (unpaired) electrons. The van der Waals surface area contributed by atoms with E-state index in [1.54, 1.807) is 72.8 Å². The van der Waals surface area contributed by atoms with E-state index in [0.717, 1.165) is 9.87 Å². The molecule has 4 nitrogen and oxygen atoms in total. The zero-order valence-corrected chi connectivity index (χ0v) is 15.5. The fourth-order valence-electron chi connectivity index (χ4n) is 2.41. The van der Waals surface area contributed by atoms with Crippen LogP contribution in [0.2, 0.25) is 0 Å². The quantitative estimate of drug-likeness (QED) is 0.393. The Morgan fingerprint density at radius 1 is 0.815 bits per heavy atom. The van der Waals surface area contributed by atoms with Crippen molar-refractivity contribution in [1.82, 2.24) is 0 Å². The first-order valence-corrected chi connectivity index (χ1v) is 9.70. The van der Waals surface area contributed by atoms with Gasteiger partial charge in [-0.15, -0.1) is 0 Å². The van der Waals surface area contributed by atoms with Gasteiger partial charge in [0.2, 0.25) is 5.78 Å². The van der Waals surface area contributed by atoms with Gasteiger partial charge < -0.3 is 0 Å². The zero-order chi connectivity index (χ0) is 19.3. The number of hydrogen-bond donors (Lipinski definition) is 0. The number of Topliss-reactive ketones (excluding diaryl/α,β-unsaturated/α-hetero) is 1. The lowest BCUT2D eigenvalue weighted by Gasteiger charge is -2.18. The van der Waals surface area contributed by atoms with Crippen LogP contribution >= 0.6 is 0 Å². The first-order chi connectivity index (χ1) is 13.0. The first-order valence-electron chi connectivity index (χ1n) is 8.26. The van der Waals surface area contributed by atoms with Crippen LogP contribution in [0.1, 0.15) is 15.9 Å². The molecule has 0 spiro atoms. The minimum atomic E-state index is -3.94. The molecule has 0 unspecified atom stereocenters. The molecule has 0 aliphatic heterocycles. The molecule has 27 heavy (non-hydrogen) atoms. The number of anilines is 1. The fourth-order valence-corrected chi connectivity index (χ4v) is 3.66. The van der Waals surface area contributed by atoms with Gasteiger partial charge in [-0.1, -0.05) is 66.2 Å². The van der Waals surface area contributed by atoms with Crippen LogP contribution < -0.4 is 4.31 Å². The van der Waals surface area contributed by atoms with E-state index < -0.39 is 15.8 Å². The summed E-state index contributed by atoms with van der Waals surface area (Å²) >= 11 is 0. The molecule has 3 aromatic rings. The summed E-state index contributed by atoms with van der Waals surface area (Å²) in [6.45, 7) is 1.88. The van der Waals surface area contributed by atoms with Gasteiger partial charge in [-0.05, 0) is 31.2 Å². The number of aryl methyl sites for hydroxylation is 1. The van der Waals surface area contributed by atoms with Gasteiger partial charge in [0.25, 0.3) is 10.0 Å². The van der Waals surface area contributed by atoms with Crippen molar-refractivity contribution in [3.05, 3.63) is 96.1 Å². The van der Waals surface area contributed by atoms with Crippen molar-refractivity contribution in [3.63, 3.8) is 0 Å². The highest BCUT2D eigenvalue weighted by atomic mass is 32.2. The van der Waals surface area contributed by atoms with Crippen LogP contribution in [0.5, 0.6) is 0 Å². The van der Waals surface area contributed by atoms with Crippen LogP contribution in [0.4, 0.5) is 5.69 Å². The summed E-state index contributed by atoms with van der Waals surface area (Å²) < 4.78 is 27.2. The lowest BCUT2D eigenvalue weighted by molar-refractivity contribution is 0.105. The standard InChI is InChI=1S/C22H17NO3S/c1-18-12-14-21(15-13-18)27(25,26)23(20-10-6-3-7-11-20)17-16-22(24)19-8-4-2-5-9-19/h2-15H,1H3. The average molecular weight is 375 g/mol. The Balaban J connectivity index is 2.04. The van der Waals surface area contributed by atoms with E-state index in [-0.39, 0.29) is 4.90 Å². The lowest BCUT2D eigenvalue weighted by Crippen LogP contribution is -2.26. The lowest BCUT2D eigenvalue weighted by atomic mass is 10.1. The number of carbonyl (C=O) groups excluding carboxylic acids is 1. The molecule has 0 aromatic heterocycles. The Bertz CT molecular complexity index is 1090. The predicted octanol–water partition coefficient (Wildman–Crippen LogP) is 4.03. The highest BCUT2D eigenvalue weighted by Gasteiger charge is 2.24. The molecule has 0 saturated carbocycles. The molecular formula is C22H17NO3S. The number of sulfonamides is 1. The van der Waals surface area contributed by atoms with E-state index in [1.807, 2.05) is 6.92 Å². The summed E-state index contributed by atoms with van der Waals surface area (Å²) in [5, 5.41) is 0. The second-order valence-electron chi connectivity index (χ2n) is 5.85. The summed E-state index contributed by atoms with van der Waals surface area (Å²) in [4.78, 5) is 12.4. The van der Waals surface area contributed by atoms with E-state index in [0.29, 0.717) is 11.3 Å². The monoisotopic (exact) mass is 375 g/mol. The largest absolute Gasteiger partial charge is 0.279 e. The number of nitrogens with zero attached hydrogens (tertiary/aromatic N) is 1. The maximum atomic E-state index is 13.1. The van der Waals surface area contributed by atoms with Crippen molar-refractivity contribution >= 4 is 21.5 Å². The van der Waals surface area contributed by atoms with Gasteiger partial charge in [0, 0.05) is 17.5 Å². The molecule has 5 heteroatoms. The van der Waals surface area contributed by atoms with Gasteiger partial charge in [0.15, 0.2) is 0 Å².